The first-order valence-electron chi connectivity index (χ1n) is 10.4. The van der Waals surface area contributed by atoms with Crippen LogP contribution >= 0.6 is 24.0 Å². The van der Waals surface area contributed by atoms with Gasteiger partial charge in [-0.15, -0.1) is 24.0 Å². The van der Waals surface area contributed by atoms with Crippen LogP contribution in [0.4, 0.5) is 0 Å². The zero-order valence-electron chi connectivity index (χ0n) is 17.9. The highest BCUT2D eigenvalue weighted by molar-refractivity contribution is 14.0. The summed E-state index contributed by atoms with van der Waals surface area (Å²) in [7, 11) is 0. The average Bonchev–Trinajstić information content (AvgIpc) is 2.70. The fourth-order valence-corrected chi connectivity index (χ4v) is 3.79. The van der Waals surface area contributed by atoms with Crippen LogP contribution in [0.25, 0.3) is 0 Å². The van der Waals surface area contributed by atoms with E-state index in [9.17, 15) is 5.11 Å². The molecular weight excluding hydrogens is 465 g/mol. The number of rotatable bonds is 8. The van der Waals surface area contributed by atoms with Gasteiger partial charge in [0.1, 0.15) is 6.10 Å². The molecule has 1 aromatic rings. The Bertz CT molecular complexity index is 605. The van der Waals surface area contributed by atoms with Crippen LogP contribution < -0.4 is 5.32 Å². The molecule has 160 valence electrons. The highest BCUT2D eigenvalue weighted by Crippen LogP contribution is 2.31. The highest BCUT2D eigenvalue weighted by atomic mass is 127. The first-order valence-corrected chi connectivity index (χ1v) is 10.4. The molecule has 1 saturated heterocycles. The van der Waals surface area contributed by atoms with Crippen LogP contribution in [-0.4, -0.2) is 55.4 Å². The van der Waals surface area contributed by atoms with Crippen molar-refractivity contribution in [3.05, 3.63) is 35.4 Å². The van der Waals surface area contributed by atoms with Crippen molar-refractivity contribution in [2.45, 2.75) is 53.1 Å². The number of nitrogens with zero attached hydrogens (tertiary/aromatic N) is 2. The van der Waals surface area contributed by atoms with Gasteiger partial charge in [-0.2, -0.15) is 0 Å². The monoisotopic (exact) mass is 503 g/mol. The summed E-state index contributed by atoms with van der Waals surface area (Å²) in [6, 6.07) is 8.45. The first kappa shape index (κ1) is 25.2. The van der Waals surface area contributed by atoms with Crippen LogP contribution in [0, 0.1) is 12.3 Å². The maximum Gasteiger partial charge on any atom is 0.194 e. The lowest BCUT2D eigenvalue weighted by molar-refractivity contribution is -0.00842. The molecule has 1 unspecified atom stereocenters. The molecule has 0 saturated carbocycles. The van der Waals surface area contributed by atoms with Crippen molar-refractivity contribution in [3.63, 3.8) is 0 Å². The molecule has 0 amide bonds. The van der Waals surface area contributed by atoms with E-state index in [-0.39, 0.29) is 42.1 Å². The number of ether oxygens (including phenoxy) is 1. The number of aliphatic hydroxyl groups excluding tert-OH is 1. The van der Waals surface area contributed by atoms with Crippen molar-refractivity contribution in [3.8, 4) is 0 Å². The Morgan fingerprint density at radius 2 is 2.00 bits per heavy atom. The number of aryl methyl sites for hydroxylation is 1. The molecule has 1 aromatic carbocycles. The van der Waals surface area contributed by atoms with E-state index in [0.717, 1.165) is 51.4 Å². The van der Waals surface area contributed by atoms with E-state index in [2.05, 4.69) is 62.2 Å². The zero-order valence-corrected chi connectivity index (χ0v) is 20.2. The Morgan fingerprint density at radius 1 is 1.29 bits per heavy atom. The number of halogens is 1. The van der Waals surface area contributed by atoms with Crippen LogP contribution in [0.3, 0.4) is 0 Å². The molecule has 1 atom stereocenters. The summed E-state index contributed by atoms with van der Waals surface area (Å²) in [5.41, 5.74) is 2.61. The minimum Gasteiger partial charge on any atom is -0.396 e. The van der Waals surface area contributed by atoms with Crippen LogP contribution in [-0.2, 0) is 4.74 Å². The molecule has 1 fully saturated rings. The largest absolute Gasteiger partial charge is 0.396 e. The van der Waals surface area contributed by atoms with Gasteiger partial charge < -0.3 is 20.1 Å². The van der Waals surface area contributed by atoms with Gasteiger partial charge in [0.15, 0.2) is 5.96 Å². The number of benzene rings is 1. The fraction of sp³-hybridized carbons (Fsp3) is 0.682. The summed E-state index contributed by atoms with van der Waals surface area (Å²) < 4.78 is 6.07. The molecule has 6 heteroatoms. The maximum atomic E-state index is 9.48. The molecule has 1 aliphatic heterocycles. The molecule has 0 radical (unpaired) electrons. The quantitative estimate of drug-likeness (QED) is 0.318. The van der Waals surface area contributed by atoms with E-state index in [1.54, 1.807) is 0 Å². The average molecular weight is 503 g/mol. The van der Waals surface area contributed by atoms with Gasteiger partial charge in [-0.25, -0.2) is 0 Å². The molecule has 0 aliphatic carbocycles. The molecular formula is C22H38IN3O2. The lowest BCUT2D eigenvalue weighted by Crippen LogP contribution is -2.48. The lowest BCUT2D eigenvalue weighted by Gasteiger charge is -2.36. The van der Waals surface area contributed by atoms with Crippen LogP contribution in [0.5, 0.6) is 0 Å². The second-order valence-electron chi connectivity index (χ2n) is 7.51. The van der Waals surface area contributed by atoms with Crippen LogP contribution in [0.1, 0.15) is 57.3 Å². The predicted molar refractivity (Wildman–Crippen MR) is 128 cm³/mol. The molecule has 1 heterocycles. The third-order valence-corrected chi connectivity index (χ3v) is 5.94. The summed E-state index contributed by atoms with van der Waals surface area (Å²) in [6.45, 7) is 12.8. The second kappa shape index (κ2) is 12.6. The minimum atomic E-state index is 0. The Kier molecular flexibility index (Phi) is 11.4. The molecule has 0 bridgehead atoms. The Labute approximate surface area is 188 Å². The summed E-state index contributed by atoms with van der Waals surface area (Å²) in [5, 5.41) is 12.9. The minimum absolute atomic E-state index is 0. The zero-order chi connectivity index (χ0) is 19.7. The van der Waals surface area contributed by atoms with Gasteiger partial charge in [0.25, 0.3) is 0 Å². The van der Waals surface area contributed by atoms with E-state index in [4.69, 9.17) is 9.73 Å². The van der Waals surface area contributed by atoms with Crippen LogP contribution in [0.2, 0.25) is 0 Å². The second-order valence-corrected chi connectivity index (χ2v) is 7.51. The van der Waals surface area contributed by atoms with Crippen molar-refractivity contribution < 1.29 is 9.84 Å². The smallest absolute Gasteiger partial charge is 0.194 e. The predicted octanol–water partition coefficient (Wildman–Crippen LogP) is 4.14. The molecule has 28 heavy (non-hydrogen) atoms. The van der Waals surface area contributed by atoms with Gasteiger partial charge in [-0.1, -0.05) is 38.1 Å². The van der Waals surface area contributed by atoms with Gasteiger partial charge in [0.05, 0.1) is 13.2 Å². The Hall–Kier alpha value is -0.860. The van der Waals surface area contributed by atoms with Gasteiger partial charge >= 0.3 is 0 Å². The van der Waals surface area contributed by atoms with Gasteiger partial charge in [0, 0.05) is 26.2 Å². The number of hydrogen-bond donors (Lipinski definition) is 2. The van der Waals surface area contributed by atoms with E-state index in [0.29, 0.717) is 6.61 Å². The lowest BCUT2D eigenvalue weighted by atomic mass is 9.79. The third kappa shape index (κ3) is 6.59. The van der Waals surface area contributed by atoms with Gasteiger partial charge in [-0.05, 0) is 49.7 Å². The molecule has 0 spiro atoms. The Balaban J connectivity index is 0.00000392. The molecule has 5 nitrogen and oxygen atoms in total. The van der Waals surface area contributed by atoms with Crippen molar-refractivity contribution in [1.29, 1.82) is 0 Å². The standard InChI is InChI=1S/C22H37N3O2.HI/c1-5-22(6-2,12-14-26)17-24-21(23-7-3)25-13-15-27-20(16-25)19-11-9-8-10-18(19)4;/h8-11,20,26H,5-7,12-17H2,1-4H3,(H,23,24);1H. The number of guanidine groups is 1. The van der Waals surface area contributed by atoms with Crippen molar-refractivity contribution in [2.24, 2.45) is 10.4 Å². The number of aliphatic hydroxyl groups is 1. The Morgan fingerprint density at radius 3 is 2.61 bits per heavy atom. The summed E-state index contributed by atoms with van der Waals surface area (Å²) in [4.78, 5) is 7.30. The molecule has 0 aromatic heterocycles. The van der Waals surface area contributed by atoms with E-state index >= 15 is 0 Å². The van der Waals surface area contributed by atoms with Crippen molar-refractivity contribution >= 4 is 29.9 Å². The van der Waals surface area contributed by atoms with E-state index in [1.807, 2.05) is 0 Å². The number of morpholine rings is 1. The molecule has 1 aliphatic rings. The van der Waals surface area contributed by atoms with Crippen molar-refractivity contribution in [2.75, 3.05) is 39.4 Å². The molecule has 2 rings (SSSR count). The van der Waals surface area contributed by atoms with Crippen molar-refractivity contribution in [1.82, 2.24) is 10.2 Å². The number of nitrogens with one attached hydrogen (secondary N) is 1. The molecule has 2 N–H and O–H groups in total. The number of hydrogen-bond acceptors (Lipinski definition) is 3. The van der Waals surface area contributed by atoms with E-state index < -0.39 is 0 Å². The summed E-state index contributed by atoms with van der Waals surface area (Å²) >= 11 is 0. The normalized spacial score (nSPS) is 18.0. The van der Waals surface area contributed by atoms with Crippen LogP contribution in [0.15, 0.2) is 29.3 Å². The third-order valence-electron chi connectivity index (χ3n) is 5.94. The maximum absolute atomic E-state index is 9.48. The fourth-order valence-electron chi connectivity index (χ4n) is 3.79. The van der Waals surface area contributed by atoms with Gasteiger partial charge in [0.2, 0.25) is 0 Å². The summed E-state index contributed by atoms with van der Waals surface area (Å²) in [5.74, 6) is 0.962. The topological polar surface area (TPSA) is 57.1 Å². The summed E-state index contributed by atoms with van der Waals surface area (Å²) in [6.07, 6.45) is 2.94. The first-order chi connectivity index (χ1) is 13.1. The van der Waals surface area contributed by atoms with E-state index in [1.165, 1.54) is 11.1 Å². The number of aliphatic imine (C=N–C) groups is 1. The SMILES string of the molecule is CCNC(=NCC(CC)(CC)CCO)N1CCOC(c2ccccc2C)C1.I. The van der Waals surface area contributed by atoms with Gasteiger partial charge in [-0.3, -0.25) is 4.99 Å². The highest BCUT2D eigenvalue weighted by Gasteiger charge is 2.28.